The van der Waals surface area contributed by atoms with Crippen LogP contribution in [0.5, 0.6) is 0 Å². The van der Waals surface area contributed by atoms with E-state index < -0.39 is 0 Å². The highest BCUT2D eigenvalue weighted by molar-refractivity contribution is 5.85. The second-order valence-corrected chi connectivity index (χ2v) is 6.87. The average molecular weight is 361 g/mol. The van der Waals surface area contributed by atoms with Crippen LogP contribution in [0.15, 0.2) is 29.3 Å². The number of hydrogen-bond acceptors (Lipinski definition) is 3. The number of aliphatic imine (C=N–C) groups is 1. The van der Waals surface area contributed by atoms with Crippen molar-refractivity contribution in [2.45, 2.75) is 32.8 Å². The Hall–Kier alpha value is -2.08. The fourth-order valence-corrected chi connectivity index (χ4v) is 2.91. The minimum Gasteiger partial charge on any atom is -0.370 e. The van der Waals surface area contributed by atoms with Gasteiger partial charge >= 0.3 is 0 Å². The number of aryl methyl sites for hydroxylation is 1. The highest BCUT2D eigenvalue weighted by Gasteiger charge is 2.25. The number of nitrogens with zero attached hydrogens (tertiary/aromatic N) is 3. The van der Waals surface area contributed by atoms with Crippen molar-refractivity contribution in [2.75, 3.05) is 46.9 Å². The highest BCUT2D eigenvalue weighted by Crippen LogP contribution is 2.24. The van der Waals surface area contributed by atoms with Gasteiger partial charge in [-0.2, -0.15) is 0 Å². The van der Waals surface area contributed by atoms with Gasteiger partial charge in [-0.25, -0.2) is 4.99 Å². The summed E-state index contributed by atoms with van der Waals surface area (Å²) < 4.78 is 6.02. The van der Waals surface area contributed by atoms with Crippen molar-refractivity contribution < 1.29 is 9.53 Å². The van der Waals surface area contributed by atoms with E-state index in [-0.39, 0.29) is 18.6 Å². The molecule has 1 aromatic rings. The molecule has 1 unspecified atom stereocenters. The van der Waals surface area contributed by atoms with Crippen LogP contribution >= 0.6 is 0 Å². The van der Waals surface area contributed by atoms with Crippen LogP contribution in [0.25, 0.3) is 0 Å². The molecule has 0 radical (unpaired) electrons. The molecule has 1 saturated heterocycles. The fraction of sp³-hybridized carbons (Fsp3) is 0.600. The van der Waals surface area contributed by atoms with E-state index in [2.05, 4.69) is 47.3 Å². The van der Waals surface area contributed by atoms with E-state index in [9.17, 15) is 4.79 Å². The highest BCUT2D eigenvalue weighted by atomic mass is 16.5. The smallest absolute Gasteiger partial charge is 0.243 e. The lowest BCUT2D eigenvalue weighted by atomic mass is 10.0. The number of hydrogen-bond donors (Lipinski definition) is 1. The van der Waals surface area contributed by atoms with E-state index in [1.807, 2.05) is 6.07 Å². The number of morpholine rings is 1. The van der Waals surface area contributed by atoms with Gasteiger partial charge in [-0.15, -0.1) is 0 Å². The van der Waals surface area contributed by atoms with Crippen molar-refractivity contribution in [2.24, 2.45) is 4.99 Å². The molecule has 1 fully saturated rings. The Balaban J connectivity index is 2.11. The molecule has 1 aromatic carbocycles. The van der Waals surface area contributed by atoms with Gasteiger partial charge in [-0.05, 0) is 24.5 Å². The summed E-state index contributed by atoms with van der Waals surface area (Å²) in [6, 6.07) is 8.34. The molecule has 144 valence electrons. The number of benzene rings is 1. The molecule has 26 heavy (non-hydrogen) atoms. The second-order valence-electron chi connectivity index (χ2n) is 6.87. The van der Waals surface area contributed by atoms with Crippen LogP contribution in [0, 0.1) is 6.92 Å². The van der Waals surface area contributed by atoms with Gasteiger partial charge in [0.2, 0.25) is 5.91 Å². The van der Waals surface area contributed by atoms with Crippen molar-refractivity contribution in [3.63, 3.8) is 0 Å². The van der Waals surface area contributed by atoms with Gasteiger partial charge in [-0.3, -0.25) is 4.79 Å². The van der Waals surface area contributed by atoms with Crippen molar-refractivity contribution in [3.05, 3.63) is 35.4 Å². The first-order valence-corrected chi connectivity index (χ1v) is 9.43. The Morgan fingerprint density at radius 3 is 2.85 bits per heavy atom. The number of guanidine groups is 1. The molecule has 1 aliphatic rings. The maximum atomic E-state index is 11.9. The quantitative estimate of drug-likeness (QED) is 0.480. The van der Waals surface area contributed by atoms with Crippen LogP contribution in [-0.2, 0) is 9.53 Å². The first-order chi connectivity index (χ1) is 12.5. The van der Waals surface area contributed by atoms with Crippen molar-refractivity contribution in [3.8, 4) is 0 Å². The summed E-state index contributed by atoms with van der Waals surface area (Å²) >= 11 is 0. The Kier molecular flexibility index (Phi) is 7.91. The van der Waals surface area contributed by atoms with E-state index in [1.165, 1.54) is 11.1 Å². The van der Waals surface area contributed by atoms with Gasteiger partial charge in [0, 0.05) is 27.2 Å². The van der Waals surface area contributed by atoms with E-state index in [0.29, 0.717) is 6.61 Å². The molecule has 1 aliphatic heterocycles. The lowest BCUT2D eigenvalue weighted by molar-refractivity contribution is -0.127. The molecular weight excluding hydrogens is 328 g/mol. The number of ether oxygens (including phenoxy) is 1. The van der Waals surface area contributed by atoms with Crippen molar-refractivity contribution in [1.29, 1.82) is 0 Å². The van der Waals surface area contributed by atoms with Gasteiger partial charge in [0.25, 0.3) is 0 Å². The molecular formula is C20H32N4O2. The molecule has 0 bridgehead atoms. The Morgan fingerprint density at radius 2 is 2.15 bits per heavy atom. The number of likely N-dealkylation sites (N-methyl/N-ethyl adjacent to an activating group) is 1. The third kappa shape index (κ3) is 5.73. The zero-order valence-corrected chi connectivity index (χ0v) is 16.5. The molecule has 2 rings (SSSR count). The summed E-state index contributed by atoms with van der Waals surface area (Å²) in [5.41, 5.74) is 2.45. The monoisotopic (exact) mass is 360 g/mol. The minimum atomic E-state index is 0.00325. The van der Waals surface area contributed by atoms with Crippen LogP contribution in [0.2, 0.25) is 0 Å². The molecule has 6 heteroatoms. The molecule has 1 N–H and O–H groups in total. The van der Waals surface area contributed by atoms with Crippen molar-refractivity contribution in [1.82, 2.24) is 15.1 Å². The van der Waals surface area contributed by atoms with Gasteiger partial charge in [0.05, 0.1) is 13.2 Å². The van der Waals surface area contributed by atoms with Crippen LogP contribution in [0.1, 0.15) is 37.0 Å². The third-order valence-electron chi connectivity index (χ3n) is 4.58. The minimum absolute atomic E-state index is 0.00325. The lowest BCUT2D eigenvalue weighted by Crippen LogP contribution is -2.48. The van der Waals surface area contributed by atoms with Crippen LogP contribution in [-0.4, -0.2) is 68.5 Å². The molecule has 0 aromatic heterocycles. The molecule has 0 aliphatic carbocycles. The summed E-state index contributed by atoms with van der Waals surface area (Å²) in [6.45, 7) is 7.45. The fourth-order valence-electron chi connectivity index (χ4n) is 2.91. The zero-order valence-electron chi connectivity index (χ0n) is 16.5. The van der Waals surface area contributed by atoms with E-state index in [1.54, 1.807) is 19.0 Å². The first-order valence-electron chi connectivity index (χ1n) is 9.43. The first kappa shape index (κ1) is 20.2. The van der Waals surface area contributed by atoms with Gasteiger partial charge in [0.15, 0.2) is 5.96 Å². The topological polar surface area (TPSA) is 57.2 Å². The maximum absolute atomic E-state index is 11.9. The lowest BCUT2D eigenvalue weighted by Gasteiger charge is -2.36. The van der Waals surface area contributed by atoms with E-state index >= 15 is 0 Å². The standard InChI is InChI=1S/C20H32N4O2/c1-5-6-11-21-20(22-14-19(25)23(3)4)24-12-13-26-18(15-24)17-10-8-7-9-16(17)2/h7-10,18H,5-6,11-15H2,1-4H3,(H,21,22). The van der Waals surface area contributed by atoms with E-state index in [0.717, 1.165) is 38.4 Å². The SMILES string of the molecule is CCCCNC(=NCC(=O)N(C)C)N1CCOC(c2ccccc2C)C1. The van der Waals surface area contributed by atoms with Gasteiger partial charge < -0.3 is 19.9 Å². The predicted octanol–water partition coefficient (Wildman–Crippen LogP) is 2.20. The normalized spacial score (nSPS) is 17.9. The van der Waals surface area contributed by atoms with Crippen LogP contribution in [0.3, 0.4) is 0 Å². The van der Waals surface area contributed by atoms with Gasteiger partial charge in [-0.1, -0.05) is 37.6 Å². The van der Waals surface area contributed by atoms with E-state index in [4.69, 9.17) is 4.74 Å². The molecule has 1 atom stereocenters. The number of unbranched alkanes of at least 4 members (excludes halogenated alkanes) is 1. The third-order valence-corrected chi connectivity index (χ3v) is 4.58. The summed E-state index contributed by atoms with van der Waals surface area (Å²) in [5, 5.41) is 3.42. The summed E-state index contributed by atoms with van der Waals surface area (Å²) in [5.74, 6) is 0.805. The largest absolute Gasteiger partial charge is 0.370 e. The van der Waals surface area contributed by atoms with Crippen molar-refractivity contribution >= 4 is 11.9 Å². The Bertz CT molecular complexity index is 616. The molecule has 6 nitrogen and oxygen atoms in total. The molecule has 0 spiro atoms. The summed E-state index contributed by atoms with van der Waals surface area (Å²) in [7, 11) is 3.51. The maximum Gasteiger partial charge on any atom is 0.243 e. The zero-order chi connectivity index (χ0) is 18.9. The number of carbonyl (C=O) groups is 1. The predicted molar refractivity (Wildman–Crippen MR) is 105 cm³/mol. The number of rotatable bonds is 6. The van der Waals surface area contributed by atoms with Crippen LogP contribution in [0.4, 0.5) is 0 Å². The Labute approximate surface area is 157 Å². The Morgan fingerprint density at radius 1 is 1.38 bits per heavy atom. The molecule has 1 heterocycles. The molecule has 0 saturated carbocycles. The van der Waals surface area contributed by atoms with Crippen LogP contribution < -0.4 is 5.32 Å². The number of carbonyl (C=O) groups excluding carboxylic acids is 1. The number of nitrogens with one attached hydrogen (secondary N) is 1. The summed E-state index contributed by atoms with van der Waals surface area (Å²) in [4.78, 5) is 20.3. The molecule has 1 amide bonds. The number of amides is 1. The average Bonchev–Trinajstić information content (AvgIpc) is 2.64. The summed E-state index contributed by atoms with van der Waals surface area (Å²) in [6.07, 6.45) is 2.21. The van der Waals surface area contributed by atoms with Gasteiger partial charge in [0.1, 0.15) is 12.6 Å². The second kappa shape index (κ2) is 10.2.